The maximum Gasteiger partial charge on any atom is 0.156 e. The first-order valence-electron chi connectivity index (χ1n) is 8.89. The van der Waals surface area contributed by atoms with Crippen molar-refractivity contribution >= 4 is 16.5 Å². The molecule has 0 bridgehead atoms. The molecule has 126 valence electrons. The lowest BCUT2D eigenvalue weighted by Gasteiger charge is -2.15. The number of fused-ring (bicyclic) bond motifs is 2. The molecule has 0 amide bonds. The summed E-state index contributed by atoms with van der Waals surface area (Å²) in [4.78, 5) is 8.78. The Morgan fingerprint density at radius 2 is 2.04 bits per heavy atom. The second-order valence-corrected chi connectivity index (χ2v) is 7.24. The van der Waals surface area contributed by atoms with Gasteiger partial charge in [-0.05, 0) is 49.8 Å². The van der Waals surface area contributed by atoms with Gasteiger partial charge in [0, 0.05) is 17.8 Å². The van der Waals surface area contributed by atoms with Crippen LogP contribution in [0.4, 0.5) is 0 Å². The van der Waals surface area contributed by atoms with Gasteiger partial charge in [-0.3, -0.25) is 9.55 Å². The van der Waals surface area contributed by atoms with Crippen LogP contribution in [0.1, 0.15) is 30.2 Å². The second kappa shape index (κ2) is 5.40. The first-order valence-corrected chi connectivity index (χ1v) is 8.89. The fourth-order valence-electron chi connectivity index (χ4n) is 4.20. The number of hydrogen-bond acceptors (Lipinski definition) is 3. The average Bonchev–Trinajstić information content (AvgIpc) is 3.40. The maximum atomic E-state index is 10.0. The molecule has 4 heteroatoms. The molecule has 3 aromatic rings. The number of nitrogens with zero attached hydrogens (tertiary/aromatic N) is 4. The zero-order chi connectivity index (χ0) is 17.8. The number of aromatic nitrogens is 3. The molecule has 1 fully saturated rings. The van der Waals surface area contributed by atoms with E-state index < -0.39 is 0 Å². The van der Waals surface area contributed by atoms with Crippen molar-refractivity contribution in [1.82, 2.24) is 14.5 Å². The van der Waals surface area contributed by atoms with Crippen molar-refractivity contribution < 1.29 is 0 Å². The third-order valence-electron chi connectivity index (χ3n) is 5.59. The minimum Gasteiger partial charge on any atom is -0.291 e. The molecule has 0 N–H and O–H groups in total. The molecule has 1 saturated carbocycles. The SMILES string of the molecule is CC1=CC=C(c2c(C#N)c3cc(C)ccc3n2-c2cnccn2)C2CC12. The first kappa shape index (κ1) is 15.1. The zero-order valence-corrected chi connectivity index (χ0v) is 14.8. The van der Waals surface area contributed by atoms with Crippen molar-refractivity contribution in [2.75, 3.05) is 0 Å². The standard InChI is InChI=1S/C22H18N4/c1-13-3-6-20-18(9-13)19(11-23)22(26(20)21-12-24-7-8-25-21)15-5-4-14(2)16-10-17(15)16/h3-9,12,16-17H,10H2,1-2H3. The third kappa shape index (κ3) is 2.07. The lowest BCUT2D eigenvalue weighted by molar-refractivity contribution is 0.903. The third-order valence-corrected chi connectivity index (χ3v) is 5.59. The van der Waals surface area contributed by atoms with Crippen LogP contribution in [0.25, 0.3) is 22.3 Å². The molecular formula is C22H18N4. The Morgan fingerprint density at radius 3 is 2.81 bits per heavy atom. The van der Waals surface area contributed by atoms with Crippen LogP contribution in [0.15, 0.2) is 54.5 Å². The summed E-state index contributed by atoms with van der Waals surface area (Å²) >= 11 is 0. The Bertz CT molecular complexity index is 1140. The van der Waals surface area contributed by atoms with Gasteiger partial charge in [-0.25, -0.2) is 4.98 Å². The Hall–Kier alpha value is -3.19. The van der Waals surface area contributed by atoms with E-state index in [4.69, 9.17) is 0 Å². The first-order chi connectivity index (χ1) is 12.7. The molecule has 0 saturated heterocycles. The van der Waals surface area contributed by atoms with E-state index in [0.717, 1.165) is 33.5 Å². The average molecular weight is 338 g/mol. The molecule has 26 heavy (non-hydrogen) atoms. The van der Waals surface area contributed by atoms with Gasteiger partial charge in [0.2, 0.25) is 0 Å². The number of benzene rings is 1. The van der Waals surface area contributed by atoms with E-state index >= 15 is 0 Å². The number of aryl methyl sites for hydroxylation is 1. The van der Waals surface area contributed by atoms with Crippen molar-refractivity contribution in [3.05, 3.63) is 71.3 Å². The highest BCUT2D eigenvalue weighted by Crippen LogP contribution is 2.55. The molecule has 5 rings (SSSR count). The Labute approximate surface area is 152 Å². The molecule has 2 unspecified atom stereocenters. The lowest BCUT2D eigenvalue weighted by atomic mass is 9.95. The highest BCUT2D eigenvalue weighted by Gasteiger charge is 2.44. The van der Waals surface area contributed by atoms with Crippen molar-refractivity contribution in [3.8, 4) is 11.9 Å². The van der Waals surface area contributed by atoms with E-state index in [0.29, 0.717) is 11.8 Å². The van der Waals surface area contributed by atoms with Crippen LogP contribution in [0, 0.1) is 30.1 Å². The van der Waals surface area contributed by atoms with Crippen molar-refractivity contribution in [1.29, 1.82) is 5.26 Å². The molecule has 0 radical (unpaired) electrons. The minimum absolute atomic E-state index is 0.507. The number of allylic oxidation sites excluding steroid dienone is 4. The molecule has 2 aromatic heterocycles. The van der Waals surface area contributed by atoms with Crippen molar-refractivity contribution in [2.24, 2.45) is 11.8 Å². The van der Waals surface area contributed by atoms with Crippen LogP contribution in [0.5, 0.6) is 0 Å². The predicted molar refractivity (Wildman–Crippen MR) is 102 cm³/mol. The van der Waals surface area contributed by atoms with Gasteiger partial charge in [-0.2, -0.15) is 5.26 Å². The molecular weight excluding hydrogens is 320 g/mol. The van der Waals surface area contributed by atoms with E-state index in [1.807, 2.05) is 0 Å². The summed E-state index contributed by atoms with van der Waals surface area (Å²) in [7, 11) is 0. The van der Waals surface area contributed by atoms with E-state index in [-0.39, 0.29) is 0 Å². The molecule has 2 aliphatic rings. The summed E-state index contributed by atoms with van der Waals surface area (Å²) < 4.78 is 2.11. The van der Waals surface area contributed by atoms with Crippen LogP contribution >= 0.6 is 0 Å². The van der Waals surface area contributed by atoms with Gasteiger partial charge in [0.25, 0.3) is 0 Å². The van der Waals surface area contributed by atoms with Gasteiger partial charge in [0.15, 0.2) is 5.82 Å². The highest BCUT2D eigenvalue weighted by molar-refractivity contribution is 5.95. The fraction of sp³-hybridized carbons (Fsp3) is 0.227. The zero-order valence-electron chi connectivity index (χ0n) is 14.8. The second-order valence-electron chi connectivity index (χ2n) is 7.24. The highest BCUT2D eigenvalue weighted by atomic mass is 15.1. The topological polar surface area (TPSA) is 54.5 Å². The van der Waals surface area contributed by atoms with Crippen molar-refractivity contribution in [3.63, 3.8) is 0 Å². The normalized spacial score (nSPS) is 21.0. The Morgan fingerprint density at radius 1 is 1.15 bits per heavy atom. The predicted octanol–water partition coefficient (Wildman–Crippen LogP) is 4.58. The molecule has 2 aliphatic carbocycles. The van der Waals surface area contributed by atoms with Gasteiger partial charge in [-0.1, -0.05) is 29.4 Å². The van der Waals surface area contributed by atoms with Gasteiger partial charge in [-0.15, -0.1) is 0 Å². The summed E-state index contributed by atoms with van der Waals surface area (Å²) in [5.74, 6) is 1.88. The molecule has 2 atom stereocenters. The number of hydrogen-bond donors (Lipinski definition) is 0. The smallest absolute Gasteiger partial charge is 0.156 e. The van der Waals surface area contributed by atoms with Gasteiger partial charge < -0.3 is 0 Å². The molecule has 0 spiro atoms. The van der Waals surface area contributed by atoms with Crippen LogP contribution in [0.3, 0.4) is 0 Å². The van der Waals surface area contributed by atoms with Crippen LogP contribution in [0.2, 0.25) is 0 Å². The monoisotopic (exact) mass is 338 g/mol. The van der Waals surface area contributed by atoms with Crippen LogP contribution in [-0.4, -0.2) is 14.5 Å². The molecule has 4 nitrogen and oxygen atoms in total. The summed E-state index contributed by atoms with van der Waals surface area (Å²) in [5.41, 5.74) is 6.55. The maximum absolute atomic E-state index is 10.0. The summed E-state index contributed by atoms with van der Waals surface area (Å²) in [6.45, 7) is 4.26. The van der Waals surface area contributed by atoms with E-state index in [1.165, 1.54) is 17.6 Å². The fourth-order valence-corrected chi connectivity index (χ4v) is 4.20. The van der Waals surface area contributed by atoms with Crippen LogP contribution in [-0.2, 0) is 0 Å². The largest absolute Gasteiger partial charge is 0.291 e. The van der Waals surface area contributed by atoms with E-state index in [1.54, 1.807) is 18.6 Å². The lowest BCUT2D eigenvalue weighted by Crippen LogP contribution is -2.06. The van der Waals surface area contributed by atoms with Crippen LogP contribution < -0.4 is 0 Å². The summed E-state index contributed by atoms with van der Waals surface area (Å²) in [6.07, 6.45) is 10.7. The Kier molecular flexibility index (Phi) is 3.14. The number of rotatable bonds is 2. The van der Waals surface area contributed by atoms with Gasteiger partial charge in [0.05, 0.1) is 23.0 Å². The molecule has 2 heterocycles. The molecule has 1 aromatic carbocycles. The van der Waals surface area contributed by atoms with Crippen molar-refractivity contribution in [2.45, 2.75) is 20.3 Å². The van der Waals surface area contributed by atoms with Gasteiger partial charge >= 0.3 is 0 Å². The van der Waals surface area contributed by atoms with E-state index in [9.17, 15) is 5.26 Å². The van der Waals surface area contributed by atoms with E-state index in [2.05, 4.69) is 64.8 Å². The number of nitriles is 1. The van der Waals surface area contributed by atoms with Gasteiger partial charge in [0.1, 0.15) is 6.07 Å². The minimum atomic E-state index is 0.507. The quantitative estimate of drug-likeness (QED) is 0.687. The molecule has 0 aliphatic heterocycles. The Balaban J connectivity index is 1.89. The summed E-state index contributed by atoms with van der Waals surface area (Å²) in [5, 5.41) is 11.0. The summed E-state index contributed by atoms with van der Waals surface area (Å²) in [6, 6.07) is 8.73.